The molecule has 10 heteroatoms. The lowest BCUT2D eigenvalue weighted by Gasteiger charge is -2.02. The maximum atomic E-state index is 13.8. The Morgan fingerprint density at radius 2 is 1.90 bits per heavy atom. The molecule has 2 aromatic carbocycles. The van der Waals surface area contributed by atoms with E-state index in [1.807, 2.05) is 31.2 Å². The predicted molar refractivity (Wildman–Crippen MR) is 121 cm³/mol. The van der Waals surface area contributed by atoms with Crippen LogP contribution in [0, 0.1) is 12.7 Å². The van der Waals surface area contributed by atoms with Gasteiger partial charge in [-0.15, -0.1) is 10.2 Å². The summed E-state index contributed by atoms with van der Waals surface area (Å²) in [6, 6.07) is 12.9. The first-order valence-corrected chi connectivity index (χ1v) is 12.1. The maximum absolute atomic E-state index is 13.8. The number of halogens is 1. The monoisotopic (exact) mass is 474 g/mol. The van der Waals surface area contributed by atoms with Gasteiger partial charge in [0.25, 0.3) is 0 Å². The molecule has 0 aliphatic rings. The molecule has 2 aromatic heterocycles. The van der Waals surface area contributed by atoms with Crippen molar-refractivity contribution in [2.45, 2.75) is 33.5 Å². The minimum atomic E-state index is -0.292. The molecule has 160 valence electrons. The molecule has 0 aliphatic carbocycles. The second-order valence-electron chi connectivity index (χ2n) is 6.65. The molecule has 0 saturated heterocycles. The second kappa shape index (κ2) is 9.80. The predicted octanol–water partition coefficient (Wildman–Crippen LogP) is 6.19. The summed E-state index contributed by atoms with van der Waals surface area (Å²) in [7, 11) is 1.66. The van der Waals surface area contributed by atoms with Crippen LogP contribution in [0.15, 0.2) is 55.7 Å². The molecule has 0 spiro atoms. The summed E-state index contributed by atoms with van der Waals surface area (Å²) < 4.78 is 26.1. The first-order valence-electron chi connectivity index (χ1n) is 9.38. The number of hydrogen-bond acceptors (Lipinski definition) is 9. The number of rotatable bonds is 8. The van der Waals surface area contributed by atoms with Gasteiger partial charge in [0.15, 0.2) is 8.68 Å². The highest BCUT2D eigenvalue weighted by Gasteiger charge is 2.19. The summed E-state index contributed by atoms with van der Waals surface area (Å²) in [4.78, 5) is 4.42. The Morgan fingerprint density at radius 3 is 2.65 bits per heavy atom. The summed E-state index contributed by atoms with van der Waals surface area (Å²) in [6.45, 7) is 3.67. The molecule has 0 aliphatic heterocycles. The van der Waals surface area contributed by atoms with Crippen LogP contribution in [0.4, 0.5) is 4.39 Å². The van der Waals surface area contributed by atoms with Gasteiger partial charge >= 0.3 is 0 Å². The van der Waals surface area contributed by atoms with Gasteiger partial charge in [0.1, 0.15) is 11.6 Å². The van der Waals surface area contributed by atoms with Crippen LogP contribution >= 0.6 is 34.9 Å². The Hall–Kier alpha value is -2.43. The largest absolute Gasteiger partial charge is 0.497 e. The van der Waals surface area contributed by atoms with E-state index in [2.05, 4.69) is 20.3 Å². The molecule has 0 bridgehead atoms. The number of thioether (sulfide) groups is 2. The Balaban J connectivity index is 1.35. The van der Waals surface area contributed by atoms with Gasteiger partial charge in [-0.05, 0) is 43.2 Å². The highest BCUT2D eigenvalue weighted by Crippen LogP contribution is 2.38. The zero-order valence-corrected chi connectivity index (χ0v) is 19.5. The lowest BCUT2D eigenvalue weighted by molar-refractivity contribution is 0.381. The first kappa shape index (κ1) is 21.8. The third-order valence-corrected chi connectivity index (χ3v) is 7.71. The van der Waals surface area contributed by atoms with E-state index < -0.39 is 0 Å². The second-order valence-corrected chi connectivity index (χ2v) is 10.4. The van der Waals surface area contributed by atoms with E-state index in [1.54, 1.807) is 37.9 Å². The highest BCUT2D eigenvalue weighted by atomic mass is 32.2. The molecule has 1 atom stereocenters. The van der Waals surface area contributed by atoms with Crippen LogP contribution in [0.2, 0.25) is 0 Å². The van der Waals surface area contributed by atoms with Crippen molar-refractivity contribution in [1.82, 2.24) is 20.3 Å². The number of nitrogens with zero attached hydrogens (tertiary/aromatic N) is 4. The average molecular weight is 475 g/mol. The van der Waals surface area contributed by atoms with Crippen molar-refractivity contribution in [1.29, 1.82) is 0 Å². The van der Waals surface area contributed by atoms with E-state index in [9.17, 15) is 4.39 Å². The molecular formula is C21H19FN4O2S3. The van der Waals surface area contributed by atoms with E-state index in [-0.39, 0.29) is 11.1 Å². The van der Waals surface area contributed by atoms with Crippen molar-refractivity contribution in [3.63, 3.8) is 0 Å². The Kier molecular flexibility index (Phi) is 6.89. The molecular weight excluding hydrogens is 455 g/mol. The molecule has 4 rings (SSSR count). The van der Waals surface area contributed by atoms with Crippen molar-refractivity contribution in [3.8, 4) is 17.1 Å². The number of methoxy groups -OCH3 is 1. The number of benzene rings is 2. The fraction of sp³-hybridized carbons (Fsp3) is 0.238. The number of aromatic nitrogens is 4. The molecule has 4 aromatic rings. The van der Waals surface area contributed by atoms with Crippen LogP contribution < -0.4 is 4.74 Å². The molecule has 2 heterocycles. The lowest BCUT2D eigenvalue weighted by atomic mass is 10.1. The van der Waals surface area contributed by atoms with Crippen LogP contribution in [0.1, 0.15) is 29.2 Å². The van der Waals surface area contributed by atoms with Gasteiger partial charge in [-0.25, -0.2) is 4.39 Å². The SMILES string of the molecule is COc1ccc(CSc2nnc(SC(C)c3nc(-c4ccc(C)c(F)c4)no3)s2)cc1. The van der Waals surface area contributed by atoms with E-state index >= 15 is 0 Å². The third-order valence-electron chi connectivity index (χ3n) is 4.41. The average Bonchev–Trinajstić information content (AvgIpc) is 3.44. The van der Waals surface area contributed by atoms with E-state index in [0.29, 0.717) is 22.8 Å². The van der Waals surface area contributed by atoms with Gasteiger partial charge in [-0.1, -0.05) is 64.3 Å². The number of aryl methyl sites for hydroxylation is 1. The third kappa shape index (κ3) is 5.44. The Bertz CT molecular complexity index is 1160. The van der Waals surface area contributed by atoms with Gasteiger partial charge in [-0.3, -0.25) is 0 Å². The Labute approximate surface area is 191 Å². The van der Waals surface area contributed by atoms with Crippen molar-refractivity contribution in [2.24, 2.45) is 0 Å². The lowest BCUT2D eigenvalue weighted by Crippen LogP contribution is -1.90. The Morgan fingerprint density at radius 1 is 1.13 bits per heavy atom. The maximum Gasteiger partial charge on any atom is 0.240 e. The number of ether oxygens (including phenoxy) is 1. The molecule has 0 radical (unpaired) electrons. The van der Waals surface area contributed by atoms with Gasteiger partial charge < -0.3 is 9.26 Å². The fourth-order valence-corrected chi connectivity index (χ4v) is 5.77. The van der Waals surface area contributed by atoms with Crippen LogP contribution in [-0.4, -0.2) is 27.4 Å². The molecule has 0 saturated carbocycles. The van der Waals surface area contributed by atoms with Crippen LogP contribution in [0.3, 0.4) is 0 Å². The molecule has 1 unspecified atom stereocenters. The first-order chi connectivity index (χ1) is 15.0. The minimum absolute atomic E-state index is 0.107. The molecule has 31 heavy (non-hydrogen) atoms. The van der Waals surface area contributed by atoms with Crippen molar-refractivity contribution >= 4 is 34.9 Å². The summed E-state index contributed by atoms with van der Waals surface area (Å²) in [5.41, 5.74) is 2.35. The molecule has 0 amide bonds. The van der Waals surface area contributed by atoms with Crippen LogP contribution in [0.25, 0.3) is 11.4 Å². The zero-order valence-electron chi connectivity index (χ0n) is 17.0. The molecule has 0 fully saturated rings. The summed E-state index contributed by atoms with van der Waals surface area (Å²) >= 11 is 4.67. The van der Waals surface area contributed by atoms with Crippen molar-refractivity contribution < 1.29 is 13.7 Å². The van der Waals surface area contributed by atoms with E-state index in [0.717, 1.165) is 20.2 Å². The topological polar surface area (TPSA) is 73.9 Å². The normalized spacial score (nSPS) is 12.1. The zero-order chi connectivity index (χ0) is 21.8. The summed E-state index contributed by atoms with van der Waals surface area (Å²) in [6.07, 6.45) is 0. The van der Waals surface area contributed by atoms with Crippen LogP contribution in [0.5, 0.6) is 5.75 Å². The van der Waals surface area contributed by atoms with E-state index in [4.69, 9.17) is 9.26 Å². The molecule has 0 N–H and O–H groups in total. The quantitative estimate of drug-likeness (QED) is 0.280. The summed E-state index contributed by atoms with van der Waals surface area (Å²) in [5, 5.41) is 12.4. The van der Waals surface area contributed by atoms with Gasteiger partial charge in [0.05, 0.1) is 12.4 Å². The smallest absolute Gasteiger partial charge is 0.240 e. The van der Waals surface area contributed by atoms with Gasteiger partial charge in [-0.2, -0.15) is 4.98 Å². The highest BCUT2D eigenvalue weighted by molar-refractivity contribution is 8.03. The minimum Gasteiger partial charge on any atom is -0.497 e. The van der Waals surface area contributed by atoms with Crippen LogP contribution in [-0.2, 0) is 5.75 Å². The van der Waals surface area contributed by atoms with Gasteiger partial charge in [0, 0.05) is 11.3 Å². The standard InChI is InChI=1S/C21H19FN4O2S3/c1-12-4-7-15(10-17(12)22)18-23-19(28-26-18)13(2)30-21-25-24-20(31-21)29-11-14-5-8-16(27-3)9-6-14/h4-10,13H,11H2,1-3H3. The number of hydrogen-bond donors (Lipinski definition) is 0. The van der Waals surface area contributed by atoms with E-state index in [1.165, 1.54) is 34.7 Å². The summed E-state index contributed by atoms with van der Waals surface area (Å²) in [5.74, 6) is 2.19. The fourth-order valence-electron chi connectivity index (χ4n) is 2.62. The van der Waals surface area contributed by atoms with Gasteiger partial charge in [0.2, 0.25) is 11.7 Å². The molecule has 6 nitrogen and oxygen atoms in total. The van der Waals surface area contributed by atoms with Crippen molar-refractivity contribution in [2.75, 3.05) is 7.11 Å². The van der Waals surface area contributed by atoms with Crippen molar-refractivity contribution in [3.05, 3.63) is 65.3 Å².